The highest BCUT2D eigenvalue weighted by atomic mass is 16.6. The molecule has 3 heterocycles. The monoisotopic (exact) mass is 542 g/mol. The molecule has 5 atom stereocenters. The Balaban J connectivity index is 1.61. The van der Waals surface area contributed by atoms with Gasteiger partial charge in [-0.1, -0.05) is 23.8 Å². The number of amides is 2. The summed E-state index contributed by atoms with van der Waals surface area (Å²) >= 11 is 0. The summed E-state index contributed by atoms with van der Waals surface area (Å²) < 4.78 is 25.4. The number of piperidine rings is 1. The van der Waals surface area contributed by atoms with Gasteiger partial charge in [0.2, 0.25) is 0 Å². The van der Waals surface area contributed by atoms with Gasteiger partial charge in [-0.2, -0.15) is 0 Å². The Kier molecular flexibility index (Phi) is 8.55. The first kappa shape index (κ1) is 29.2. The van der Waals surface area contributed by atoms with Crippen molar-refractivity contribution in [1.29, 1.82) is 0 Å². The van der Waals surface area contributed by atoms with Crippen LogP contribution in [0.25, 0.3) is 0 Å². The Bertz CT molecular complexity index is 1090. The van der Waals surface area contributed by atoms with Crippen LogP contribution in [0.3, 0.4) is 0 Å². The van der Waals surface area contributed by atoms with E-state index in [1.807, 2.05) is 37.8 Å². The minimum atomic E-state index is -0.524. The molecule has 0 saturated carbocycles. The van der Waals surface area contributed by atoms with Gasteiger partial charge in [-0.25, -0.2) is 4.79 Å². The lowest BCUT2D eigenvalue weighted by molar-refractivity contribution is -0.191. The van der Waals surface area contributed by atoms with Crippen molar-refractivity contribution in [2.24, 2.45) is 11.8 Å². The molecule has 3 aliphatic heterocycles. The Labute approximate surface area is 233 Å². The maximum Gasteiger partial charge on any atom is 0.410 e. The number of carbonyl (C=O) groups excluding carboxylic acids is 2. The number of carbonyl (C=O) groups is 2. The van der Waals surface area contributed by atoms with Gasteiger partial charge in [-0.05, 0) is 73.3 Å². The first-order valence-corrected chi connectivity index (χ1v) is 14.2. The average molecular weight is 543 g/mol. The van der Waals surface area contributed by atoms with Crippen LogP contribution in [-0.2, 0) is 14.3 Å². The second kappa shape index (κ2) is 11.4. The zero-order valence-corrected chi connectivity index (χ0v) is 24.9. The summed E-state index contributed by atoms with van der Waals surface area (Å²) in [6.07, 6.45) is 5.26. The lowest BCUT2D eigenvalue weighted by atomic mass is 9.68. The highest BCUT2D eigenvalue weighted by Gasteiger charge is 2.54. The van der Waals surface area contributed by atoms with Gasteiger partial charge in [-0.15, -0.1) is 0 Å². The van der Waals surface area contributed by atoms with Gasteiger partial charge in [0.25, 0.3) is 5.91 Å². The van der Waals surface area contributed by atoms with E-state index in [1.165, 1.54) is 10.5 Å². The fourth-order valence-electron chi connectivity index (χ4n) is 5.94. The molecule has 0 spiro atoms. The Hall–Kier alpha value is -2.74. The predicted octanol–water partition coefficient (Wildman–Crippen LogP) is 5.75. The van der Waals surface area contributed by atoms with Crippen LogP contribution in [0.1, 0.15) is 78.9 Å². The maximum absolute atomic E-state index is 12.8. The molecule has 0 radical (unpaired) electrons. The third-order valence-corrected chi connectivity index (χ3v) is 8.04. The first-order valence-electron chi connectivity index (χ1n) is 14.2. The average Bonchev–Trinajstić information content (AvgIpc) is 2.85. The zero-order chi connectivity index (χ0) is 28.5. The number of hydrogen-bond acceptors (Lipinski definition) is 6. The fourth-order valence-corrected chi connectivity index (χ4v) is 5.94. The Morgan fingerprint density at radius 3 is 2.64 bits per heavy atom. The molecule has 0 aromatic heterocycles. The van der Waals surface area contributed by atoms with Gasteiger partial charge in [-0.3, -0.25) is 4.79 Å². The first-order chi connectivity index (χ1) is 18.3. The number of likely N-dealkylation sites (N-methyl/N-ethyl adjacent to an activating group) is 1. The number of allylic oxidation sites excluding steroid dienone is 2. The van der Waals surface area contributed by atoms with E-state index in [2.05, 4.69) is 32.9 Å². The number of ether oxygens (including phenoxy) is 4. The van der Waals surface area contributed by atoms with E-state index < -0.39 is 11.2 Å². The molecular formula is C31H46N2O6. The van der Waals surface area contributed by atoms with Crippen molar-refractivity contribution in [3.63, 3.8) is 0 Å². The lowest BCUT2D eigenvalue weighted by Crippen LogP contribution is -2.57. The van der Waals surface area contributed by atoms with Crippen molar-refractivity contribution in [2.45, 2.75) is 90.6 Å². The van der Waals surface area contributed by atoms with Crippen LogP contribution in [0.4, 0.5) is 4.79 Å². The summed E-state index contributed by atoms with van der Waals surface area (Å²) in [5.41, 5.74) is 1.22. The summed E-state index contributed by atoms with van der Waals surface area (Å²) in [7, 11) is 3.43. The number of benzene rings is 1. The molecule has 3 aliphatic rings. The van der Waals surface area contributed by atoms with Crippen molar-refractivity contribution in [3.05, 3.63) is 35.4 Å². The molecule has 0 bridgehead atoms. The van der Waals surface area contributed by atoms with Crippen LogP contribution in [0.2, 0.25) is 0 Å². The normalized spacial score (nSPS) is 27.7. The highest BCUT2D eigenvalue weighted by molar-refractivity contribution is 5.77. The number of nitrogens with zero attached hydrogens (tertiary/aromatic N) is 2. The van der Waals surface area contributed by atoms with Crippen molar-refractivity contribution < 1.29 is 28.5 Å². The second-order valence-electron chi connectivity index (χ2n) is 12.9. The molecule has 4 rings (SSSR count). The molecule has 8 heteroatoms. The van der Waals surface area contributed by atoms with Crippen LogP contribution in [-0.4, -0.2) is 72.9 Å². The molecule has 1 aromatic carbocycles. The number of fused-ring (bicyclic) bond motifs is 4. The highest BCUT2D eigenvalue weighted by Crippen LogP contribution is 2.56. The molecule has 0 aliphatic carbocycles. The molecule has 1 aromatic rings. The molecule has 2 amide bonds. The predicted molar refractivity (Wildman–Crippen MR) is 150 cm³/mol. The molecule has 0 unspecified atom stereocenters. The molecule has 2 fully saturated rings. The largest absolute Gasteiger partial charge is 0.483 e. The van der Waals surface area contributed by atoms with Crippen LogP contribution < -0.4 is 9.47 Å². The standard InChI is InChI=1S/C31H46N2O6/c1-20(2)11-10-15-31(6)23-17-21-18-33(29(35)39-30(3,4)5)16-14-24(21)37-27(23)22-12-9-13-25(28(22)38-31)36-19-26(34)32(7)8/h9,11-13,21,23-24,27H,10,14-19H2,1-8H3/t21-,23-,24-,27+,31-/m0/s1. The smallest absolute Gasteiger partial charge is 0.410 e. The van der Waals surface area contributed by atoms with E-state index in [4.69, 9.17) is 18.9 Å². The SMILES string of the molecule is CC(C)=CCC[C@]1(C)Oc2c(OCC(=O)N(C)C)cccc2[C@H]2O[C@H]3CCN(C(=O)OC(C)(C)C)C[C@@H]3C[C@@H]21. The van der Waals surface area contributed by atoms with Crippen molar-refractivity contribution in [2.75, 3.05) is 33.8 Å². The molecule has 0 N–H and O–H groups in total. The van der Waals surface area contributed by atoms with E-state index in [-0.39, 0.29) is 42.7 Å². The molecular weight excluding hydrogens is 496 g/mol. The van der Waals surface area contributed by atoms with Crippen molar-refractivity contribution >= 4 is 12.0 Å². The summed E-state index contributed by atoms with van der Waals surface area (Å²) in [5.74, 6) is 1.45. The van der Waals surface area contributed by atoms with Gasteiger partial charge in [0.1, 0.15) is 11.2 Å². The quantitative estimate of drug-likeness (QED) is 0.426. The van der Waals surface area contributed by atoms with Crippen molar-refractivity contribution in [1.82, 2.24) is 9.80 Å². The summed E-state index contributed by atoms with van der Waals surface area (Å²) in [4.78, 5) is 28.4. The van der Waals surface area contributed by atoms with E-state index in [9.17, 15) is 9.59 Å². The topological polar surface area (TPSA) is 77.5 Å². The molecule has 2 saturated heterocycles. The lowest BCUT2D eigenvalue weighted by Gasteiger charge is -2.54. The minimum absolute atomic E-state index is 0.0535. The van der Waals surface area contributed by atoms with Gasteiger partial charge in [0.15, 0.2) is 18.1 Å². The maximum atomic E-state index is 12.8. The van der Waals surface area contributed by atoms with Crippen LogP contribution in [0, 0.1) is 11.8 Å². The number of para-hydroxylation sites is 1. The molecule has 216 valence electrons. The van der Waals surface area contributed by atoms with Crippen molar-refractivity contribution in [3.8, 4) is 11.5 Å². The second-order valence-corrected chi connectivity index (χ2v) is 12.9. The van der Waals surface area contributed by atoms with Crippen LogP contribution >= 0.6 is 0 Å². The van der Waals surface area contributed by atoms with E-state index in [1.54, 1.807) is 14.1 Å². The Morgan fingerprint density at radius 1 is 1.23 bits per heavy atom. The summed E-state index contributed by atoms with van der Waals surface area (Å²) in [5, 5.41) is 0. The fraction of sp³-hybridized carbons (Fsp3) is 0.677. The third kappa shape index (κ3) is 6.71. The minimum Gasteiger partial charge on any atom is -0.483 e. The molecule has 39 heavy (non-hydrogen) atoms. The molecule has 8 nitrogen and oxygen atoms in total. The van der Waals surface area contributed by atoms with E-state index >= 15 is 0 Å². The van der Waals surface area contributed by atoms with Crippen LogP contribution in [0.5, 0.6) is 11.5 Å². The van der Waals surface area contributed by atoms with Gasteiger partial charge in [0, 0.05) is 44.6 Å². The third-order valence-electron chi connectivity index (χ3n) is 8.04. The summed E-state index contributed by atoms with van der Waals surface area (Å²) in [6, 6.07) is 5.87. The van der Waals surface area contributed by atoms with E-state index in [0.717, 1.165) is 31.2 Å². The van der Waals surface area contributed by atoms with Gasteiger partial charge in [0.05, 0.1) is 12.2 Å². The zero-order valence-electron chi connectivity index (χ0n) is 24.9. The van der Waals surface area contributed by atoms with E-state index in [0.29, 0.717) is 24.6 Å². The Morgan fingerprint density at radius 2 is 1.97 bits per heavy atom. The summed E-state index contributed by atoms with van der Waals surface area (Å²) in [6.45, 7) is 13.3. The number of likely N-dealkylation sites (tertiary alicyclic amines) is 1. The van der Waals surface area contributed by atoms with Gasteiger partial charge >= 0.3 is 6.09 Å². The van der Waals surface area contributed by atoms with Crippen LogP contribution in [0.15, 0.2) is 29.8 Å². The number of hydrogen-bond donors (Lipinski definition) is 0. The number of rotatable bonds is 6. The van der Waals surface area contributed by atoms with Gasteiger partial charge < -0.3 is 28.7 Å².